The lowest BCUT2D eigenvalue weighted by molar-refractivity contribution is -0.152. The molecule has 1 atom stereocenters. The van der Waals surface area contributed by atoms with Gasteiger partial charge in [-0.25, -0.2) is 0 Å². The topological polar surface area (TPSA) is 64.1 Å². The minimum Gasteiger partial charge on any atom is -0.481 e. The van der Waals surface area contributed by atoms with Crippen molar-refractivity contribution in [3.05, 3.63) is 29.8 Å². The molecule has 3 fully saturated rings. The van der Waals surface area contributed by atoms with Gasteiger partial charge < -0.3 is 19.8 Å². The average Bonchev–Trinajstić information content (AvgIpc) is 3.52. The molecule has 2 heterocycles. The van der Waals surface area contributed by atoms with Crippen LogP contribution >= 0.6 is 0 Å². The zero-order chi connectivity index (χ0) is 19.7. The van der Waals surface area contributed by atoms with Crippen LogP contribution in [0.25, 0.3) is 0 Å². The molecule has 3 aliphatic rings. The molecular formula is C22H31N3O3. The smallest absolute Gasteiger partial charge is 0.311 e. The summed E-state index contributed by atoms with van der Waals surface area (Å²) < 4.78 is 0. The Balaban J connectivity index is 1.44. The third-order valence-electron chi connectivity index (χ3n) is 6.68. The van der Waals surface area contributed by atoms with E-state index >= 15 is 0 Å². The maximum atomic E-state index is 13.1. The number of rotatable bonds is 5. The number of aliphatic carboxylic acids is 1. The fourth-order valence-electron chi connectivity index (χ4n) is 4.67. The third kappa shape index (κ3) is 4.02. The monoisotopic (exact) mass is 385 g/mol. The number of hydrogen-bond donors (Lipinski definition) is 1. The molecule has 1 N–H and O–H groups in total. The summed E-state index contributed by atoms with van der Waals surface area (Å²) in [5, 5.41) is 9.89. The maximum Gasteiger partial charge on any atom is 0.311 e. The van der Waals surface area contributed by atoms with Gasteiger partial charge in [0.1, 0.15) is 0 Å². The summed E-state index contributed by atoms with van der Waals surface area (Å²) in [6, 6.07) is 7.84. The minimum atomic E-state index is -0.755. The van der Waals surface area contributed by atoms with E-state index in [-0.39, 0.29) is 5.91 Å². The summed E-state index contributed by atoms with van der Waals surface area (Å²) in [5.41, 5.74) is 1.05. The second-order valence-electron chi connectivity index (χ2n) is 8.90. The highest BCUT2D eigenvalue weighted by Gasteiger charge is 2.46. The molecule has 0 radical (unpaired) electrons. The molecule has 1 aromatic carbocycles. The van der Waals surface area contributed by atoms with Crippen LogP contribution in [0.15, 0.2) is 24.3 Å². The number of nitrogens with zero attached hydrogens (tertiary/aromatic N) is 3. The number of carboxylic acid groups (broad SMARTS) is 1. The number of piperazine rings is 1. The van der Waals surface area contributed by atoms with Gasteiger partial charge >= 0.3 is 5.97 Å². The molecular weight excluding hydrogens is 354 g/mol. The Kier molecular flexibility index (Phi) is 5.32. The third-order valence-corrected chi connectivity index (χ3v) is 6.68. The van der Waals surface area contributed by atoms with Crippen LogP contribution in [0.5, 0.6) is 0 Å². The van der Waals surface area contributed by atoms with Crippen LogP contribution in [0.3, 0.4) is 0 Å². The van der Waals surface area contributed by atoms with Gasteiger partial charge in [-0.05, 0) is 56.5 Å². The van der Waals surface area contributed by atoms with Gasteiger partial charge in [-0.3, -0.25) is 9.59 Å². The van der Waals surface area contributed by atoms with E-state index in [4.69, 9.17) is 0 Å². The van der Waals surface area contributed by atoms with Crippen LogP contribution in [-0.4, -0.2) is 73.1 Å². The van der Waals surface area contributed by atoms with Crippen LogP contribution < -0.4 is 4.90 Å². The standard InChI is InChI=1S/C22H31N3O3/c1-23-11-13-24(14-12-23)19-7-5-18(6-8-19)20(26)25-10-2-9-22(16-25,21(27)28)15-17-3-4-17/h5-8,17H,2-4,9-16H2,1H3,(H,27,28)/t22-/m0/s1. The minimum absolute atomic E-state index is 0.0361. The fraction of sp³-hybridized carbons (Fsp3) is 0.636. The number of anilines is 1. The number of carbonyl (C=O) groups excluding carboxylic acids is 1. The first kappa shape index (κ1) is 19.2. The molecule has 0 spiro atoms. The Morgan fingerprint density at radius 3 is 2.36 bits per heavy atom. The number of carbonyl (C=O) groups is 2. The van der Waals surface area contributed by atoms with Crippen molar-refractivity contribution in [2.75, 3.05) is 51.2 Å². The predicted molar refractivity (Wildman–Crippen MR) is 109 cm³/mol. The zero-order valence-corrected chi connectivity index (χ0v) is 16.8. The van der Waals surface area contributed by atoms with Crippen LogP contribution in [0, 0.1) is 11.3 Å². The molecule has 2 saturated heterocycles. The van der Waals surface area contributed by atoms with E-state index < -0.39 is 11.4 Å². The Morgan fingerprint density at radius 2 is 1.75 bits per heavy atom. The van der Waals surface area contributed by atoms with Crippen molar-refractivity contribution in [1.82, 2.24) is 9.80 Å². The Morgan fingerprint density at radius 1 is 1.07 bits per heavy atom. The van der Waals surface area contributed by atoms with E-state index in [1.807, 2.05) is 24.3 Å². The van der Waals surface area contributed by atoms with Crippen molar-refractivity contribution in [3.8, 4) is 0 Å². The van der Waals surface area contributed by atoms with Crippen LogP contribution in [0.4, 0.5) is 5.69 Å². The number of likely N-dealkylation sites (tertiary alicyclic amines) is 1. The van der Waals surface area contributed by atoms with Crippen molar-refractivity contribution in [3.63, 3.8) is 0 Å². The molecule has 0 aromatic heterocycles. The summed E-state index contributed by atoms with van der Waals surface area (Å²) in [5.74, 6) is -0.234. The lowest BCUT2D eigenvalue weighted by Gasteiger charge is -2.40. The van der Waals surface area contributed by atoms with Crippen molar-refractivity contribution in [2.24, 2.45) is 11.3 Å². The quantitative estimate of drug-likeness (QED) is 0.844. The second-order valence-corrected chi connectivity index (χ2v) is 8.90. The molecule has 1 amide bonds. The van der Waals surface area contributed by atoms with Gasteiger partial charge in [0.15, 0.2) is 0 Å². The van der Waals surface area contributed by atoms with Crippen LogP contribution in [0.1, 0.15) is 42.5 Å². The van der Waals surface area contributed by atoms with Gasteiger partial charge in [0, 0.05) is 50.5 Å². The molecule has 1 saturated carbocycles. The summed E-state index contributed by atoms with van der Waals surface area (Å²) in [6.45, 7) is 5.09. The SMILES string of the molecule is CN1CCN(c2ccc(C(=O)N3CCC[C@@](CC4CC4)(C(=O)O)C3)cc2)CC1. The molecule has 6 nitrogen and oxygen atoms in total. The average molecular weight is 386 g/mol. The van der Waals surface area contributed by atoms with Gasteiger partial charge in [-0.2, -0.15) is 0 Å². The van der Waals surface area contributed by atoms with E-state index in [0.717, 1.165) is 51.1 Å². The highest BCUT2D eigenvalue weighted by Crippen LogP contribution is 2.45. The number of benzene rings is 1. The Bertz CT molecular complexity index is 723. The van der Waals surface area contributed by atoms with E-state index in [1.165, 1.54) is 0 Å². The van der Waals surface area contributed by atoms with Crippen molar-refractivity contribution in [2.45, 2.75) is 32.1 Å². The first-order chi connectivity index (χ1) is 13.5. The van der Waals surface area contributed by atoms with Crippen LogP contribution in [-0.2, 0) is 4.79 Å². The summed E-state index contributed by atoms with van der Waals surface area (Å²) >= 11 is 0. The van der Waals surface area contributed by atoms with Gasteiger partial charge in [0.2, 0.25) is 0 Å². The Labute approximate surface area is 167 Å². The maximum absolute atomic E-state index is 13.1. The zero-order valence-electron chi connectivity index (χ0n) is 16.8. The second kappa shape index (κ2) is 7.74. The highest BCUT2D eigenvalue weighted by molar-refractivity contribution is 5.95. The first-order valence-corrected chi connectivity index (χ1v) is 10.5. The highest BCUT2D eigenvalue weighted by atomic mass is 16.4. The van der Waals surface area contributed by atoms with Gasteiger partial charge in [0.05, 0.1) is 5.41 Å². The molecule has 152 valence electrons. The van der Waals surface area contributed by atoms with Crippen molar-refractivity contribution >= 4 is 17.6 Å². The normalized spacial score (nSPS) is 26.3. The van der Waals surface area contributed by atoms with E-state index in [1.54, 1.807) is 4.90 Å². The van der Waals surface area contributed by atoms with Crippen molar-refractivity contribution in [1.29, 1.82) is 0 Å². The molecule has 0 unspecified atom stereocenters. The predicted octanol–water partition coefficient (Wildman–Crippen LogP) is 2.55. The van der Waals surface area contributed by atoms with Gasteiger partial charge in [-0.1, -0.05) is 12.8 Å². The summed E-state index contributed by atoms with van der Waals surface area (Å²) in [4.78, 5) is 31.5. The molecule has 2 aliphatic heterocycles. The van der Waals surface area contributed by atoms with Crippen molar-refractivity contribution < 1.29 is 14.7 Å². The van der Waals surface area contributed by atoms with Gasteiger partial charge in [0.25, 0.3) is 5.91 Å². The number of carboxylic acids is 1. The molecule has 4 rings (SSSR count). The first-order valence-electron chi connectivity index (χ1n) is 10.5. The molecule has 6 heteroatoms. The molecule has 1 aromatic rings. The fourth-order valence-corrected chi connectivity index (χ4v) is 4.67. The Hall–Kier alpha value is -2.08. The molecule has 1 aliphatic carbocycles. The van der Waals surface area contributed by atoms with E-state index in [9.17, 15) is 14.7 Å². The number of piperidine rings is 1. The number of hydrogen-bond acceptors (Lipinski definition) is 4. The molecule has 0 bridgehead atoms. The van der Waals surface area contributed by atoms with Crippen LogP contribution in [0.2, 0.25) is 0 Å². The molecule has 28 heavy (non-hydrogen) atoms. The lowest BCUT2D eigenvalue weighted by Crippen LogP contribution is -2.50. The summed E-state index contributed by atoms with van der Waals surface area (Å²) in [7, 11) is 2.14. The lowest BCUT2D eigenvalue weighted by atomic mass is 9.75. The largest absolute Gasteiger partial charge is 0.481 e. The van der Waals surface area contributed by atoms with E-state index in [0.29, 0.717) is 37.4 Å². The van der Waals surface area contributed by atoms with E-state index in [2.05, 4.69) is 16.8 Å². The van der Waals surface area contributed by atoms with Gasteiger partial charge in [-0.15, -0.1) is 0 Å². The number of amides is 1. The number of likely N-dealkylation sites (N-methyl/N-ethyl adjacent to an activating group) is 1. The summed E-state index contributed by atoms with van der Waals surface area (Å²) in [6.07, 6.45) is 4.44.